The van der Waals surface area contributed by atoms with Gasteiger partial charge in [-0.2, -0.15) is 0 Å². The van der Waals surface area contributed by atoms with Gasteiger partial charge in [-0.05, 0) is 78.9 Å². The molecule has 0 aliphatic heterocycles. The first-order chi connectivity index (χ1) is 14.5. The van der Waals surface area contributed by atoms with Gasteiger partial charge in [0.25, 0.3) is 5.91 Å². The minimum absolute atomic E-state index is 0.0361. The largest absolute Gasteiger partial charge is 0.355 e. The van der Waals surface area contributed by atoms with Gasteiger partial charge in [0.15, 0.2) is 0 Å². The van der Waals surface area contributed by atoms with Crippen molar-refractivity contribution in [2.45, 2.75) is 27.2 Å². The summed E-state index contributed by atoms with van der Waals surface area (Å²) in [6, 6.07) is 19.7. The predicted octanol–water partition coefficient (Wildman–Crippen LogP) is 6.08. The highest BCUT2D eigenvalue weighted by Crippen LogP contribution is 2.23. The Balaban J connectivity index is 1.66. The molecule has 3 aromatic rings. The molecular formula is C26H29N3O. The minimum atomic E-state index is -0.0361. The average molecular weight is 400 g/mol. The van der Waals surface area contributed by atoms with E-state index in [-0.39, 0.29) is 5.91 Å². The van der Waals surface area contributed by atoms with E-state index in [1.807, 2.05) is 48.5 Å². The van der Waals surface area contributed by atoms with Gasteiger partial charge in [-0.15, -0.1) is 0 Å². The van der Waals surface area contributed by atoms with Crippen LogP contribution in [0.4, 0.5) is 11.4 Å². The molecule has 2 aromatic carbocycles. The molecule has 4 heteroatoms. The molecule has 0 atom stereocenters. The first kappa shape index (κ1) is 21.3. The van der Waals surface area contributed by atoms with E-state index in [0.29, 0.717) is 18.0 Å². The molecule has 0 saturated carbocycles. The van der Waals surface area contributed by atoms with Crippen LogP contribution in [-0.4, -0.2) is 17.4 Å². The number of anilines is 2. The van der Waals surface area contributed by atoms with Crippen LogP contribution in [0.2, 0.25) is 0 Å². The van der Waals surface area contributed by atoms with Gasteiger partial charge in [0.1, 0.15) is 0 Å². The molecule has 2 N–H and O–H groups in total. The van der Waals surface area contributed by atoms with E-state index in [4.69, 9.17) is 0 Å². The maximum Gasteiger partial charge on any atom is 0.251 e. The van der Waals surface area contributed by atoms with Crippen LogP contribution in [0.25, 0.3) is 12.2 Å². The Labute approximate surface area is 179 Å². The van der Waals surface area contributed by atoms with Crippen molar-refractivity contribution in [2.24, 2.45) is 5.92 Å². The van der Waals surface area contributed by atoms with Crippen LogP contribution in [0.1, 0.15) is 47.4 Å². The van der Waals surface area contributed by atoms with E-state index in [1.54, 1.807) is 6.20 Å². The Morgan fingerprint density at radius 2 is 1.90 bits per heavy atom. The second-order valence-corrected chi connectivity index (χ2v) is 7.81. The third-order valence-electron chi connectivity index (χ3n) is 4.80. The highest BCUT2D eigenvalue weighted by Gasteiger charge is 2.07. The summed E-state index contributed by atoms with van der Waals surface area (Å²) in [7, 11) is 0. The summed E-state index contributed by atoms with van der Waals surface area (Å²) in [5.41, 5.74) is 5.75. The summed E-state index contributed by atoms with van der Waals surface area (Å²) in [6.45, 7) is 7.07. The molecule has 0 aliphatic carbocycles. The predicted molar refractivity (Wildman–Crippen MR) is 126 cm³/mol. The number of carbonyl (C=O) groups excluding carboxylic acids is 1. The number of hydrogen-bond donors (Lipinski definition) is 2. The normalized spacial score (nSPS) is 11.1. The van der Waals surface area contributed by atoms with E-state index in [2.05, 4.69) is 60.7 Å². The molecule has 0 fully saturated rings. The van der Waals surface area contributed by atoms with Crippen LogP contribution in [0.5, 0.6) is 0 Å². The molecule has 0 saturated heterocycles. The Kier molecular flexibility index (Phi) is 7.39. The monoisotopic (exact) mass is 399 g/mol. The summed E-state index contributed by atoms with van der Waals surface area (Å²) in [5, 5.41) is 6.41. The van der Waals surface area contributed by atoms with Crippen molar-refractivity contribution >= 4 is 29.4 Å². The lowest BCUT2D eigenvalue weighted by Gasteiger charge is -2.12. The fraction of sp³-hybridized carbons (Fsp3) is 0.231. The topological polar surface area (TPSA) is 54.0 Å². The van der Waals surface area contributed by atoms with Crippen molar-refractivity contribution in [1.82, 2.24) is 10.3 Å². The number of rotatable bonds is 8. The molecule has 1 amide bonds. The van der Waals surface area contributed by atoms with Crippen LogP contribution in [-0.2, 0) is 0 Å². The second kappa shape index (κ2) is 10.4. The number of pyridine rings is 1. The van der Waals surface area contributed by atoms with Crippen molar-refractivity contribution in [1.29, 1.82) is 0 Å². The Morgan fingerprint density at radius 1 is 1.03 bits per heavy atom. The third-order valence-corrected chi connectivity index (χ3v) is 4.80. The van der Waals surface area contributed by atoms with Crippen LogP contribution >= 0.6 is 0 Å². The number of hydrogen-bond acceptors (Lipinski definition) is 3. The van der Waals surface area contributed by atoms with Crippen LogP contribution < -0.4 is 10.6 Å². The number of nitrogens with one attached hydrogen (secondary N) is 2. The molecule has 0 spiro atoms. The summed E-state index contributed by atoms with van der Waals surface area (Å²) in [4.78, 5) is 16.7. The lowest BCUT2D eigenvalue weighted by molar-refractivity contribution is 0.0952. The number of benzene rings is 2. The third kappa shape index (κ3) is 6.31. The van der Waals surface area contributed by atoms with Crippen molar-refractivity contribution in [3.63, 3.8) is 0 Å². The molecule has 154 valence electrons. The van der Waals surface area contributed by atoms with Crippen LogP contribution in [0.3, 0.4) is 0 Å². The molecule has 0 radical (unpaired) electrons. The smallest absolute Gasteiger partial charge is 0.251 e. The lowest BCUT2D eigenvalue weighted by atomic mass is 10.1. The number of aryl methyl sites for hydroxylation is 1. The van der Waals surface area contributed by atoms with Gasteiger partial charge in [-0.3, -0.25) is 9.78 Å². The molecule has 30 heavy (non-hydrogen) atoms. The molecule has 1 aromatic heterocycles. The summed E-state index contributed by atoms with van der Waals surface area (Å²) >= 11 is 0. The maximum atomic E-state index is 12.4. The number of carbonyl (C=O) groups is 1. The van der Waals surface area contributed by atoms with Crippen molar-refractivity contribution in [2.75, 3.05) is 11.9 Å². The van der Waals surface area contributed by atoms with Gasteiger partial charge in [0.2, 0.25) is 0 Å². The number of aromatic nitrogens is 1. The fourth-order valence-corrected chi connectivity index (χ4v) is 3.06. The zero-order valence-corrected chi connectivity index (χ0v) is 17.9. The average Bonchev–Trinajstić information content (AvgIpc) is 2.74. The standard InChI is InChI=1S/C26H29N3O/c1-19(2)14-16-28-26(30)22-7-6-9-24(18-22)29-25-13-11-21(17-20(25)3)10-12-23-8-4-5-15-27-23/h4-13,15,17-19,29H,14,16H2,1-3H3,(H,28,30). The molecule has 3 rings (SSSR count). The van der Waals surface area contributed by atoms with Gasteiger partial charge in [-0.1, -0.05) is 38.1 Å². The molecule has 0 bridgehead atoms. The maximum absolute atomic E-state index is 12.4. The Bertz CT molecular complexity index is 1010. The summed E-state index contributed by atoms with van der Waals surface area (Å²) in [5.74, 6) is 0.536. The molecular weight excluding hydrogens is 370 g/mol. The lowest BCUT2D eigenvalue weighted by Crippen LogP contribution is -2.25. The molecule has 0 unspecified atom stereocenters. The SMILES string of the molecule is Cc1cc(C=Cc2ccccn2)ccc1Nc1cccc(C(=O)NCCC(C)C)c1. The van der Waals surface area contributed by atoms with Crippen LogP contribution in [0, 0.1) is 12.8 Å². The molecule has 0 aliphatic rings. The van der Waals surface area contributed by atoms with Gasteiger partial charge in [0, 0.05) is 29.7 Å². The van der Waals surface area contributed by atoms with Gasteiger partial charge in [0.05, 0.1) is 5.69 Å². The molecule has 1 heterocycles. The van der Waals surface area contributed by atoms with E-state index < -0.39 is 0 Å². The van der Waals surface area contributed by atoms with E-state index in [9.17, 15) is 4.79 Å². The van der Waals surface area contributed by atoms with E-state index >= 15 is 0 Å². The zero-order valence-electron chi connectivity index (χ0n) is 17.9. The van der Waals surface area contributed by atoms with E-state index in [1.165, 1.54) is 0 Å². The number of amides is 1. The van der Waals surface area contributed by atoms with Crippen molar-refractivity contribution < 1.29 is 4.79 Å². The number of nitrogens with zero attached hydrogens (tertiary/aromatic N) is 1. The Hall–Kier alpha value is -3.40. The minimum Gasteiger partial charge on any atom is -0.355 e. The van der Waals surface area contributed by atoms with E-state index in [0.717, 1.165) is 34.6 Å². The molecule has 4 nitrogen and oxygen atoms in total. The Morgan fingerprint density at radius 3 is 2.63 bits per heavy atom. The second-order valence-electron chi connectivity index (χ2n) is 7.81. The van der Waals surface area contributed by atoms with Gasteiger partial charge < -0.3 is 10.6 Å². The summed E-state index contributed by atoms with van der Waals surface area (Å²) in [6.07, 6.45) is 6.82. The van der Waals surface area contributed by atoms with Gasteiger partial charge >= 0.3 is 0 Å². The first-order valence-electron chi connectivity index (χ1n) is 10.4. The first-order valence-corrected chi connectivity index (χ1v) is 10.4. The van der Waals surface area contributed by atoms with Crippen molar-refractivity contribution in [3.8, 4) is 0 Å². The summed E-state index contributed by atoms with van der Waals surface area (Å²) < 4.78 is 0. The van der Waals surface area contributed by atoms with Gasteiger partial charge in [-0.25, -0.2) is 0 Å². The van der Waals surface area contributed by atoms with Crippen molar-refractivity contribution in [3.05, 3.63) is 89.2 Å². The fourth-order valence-electron chi connectivity index (χ4n) is 3.06. The highest BCUT2D eigenvalue weighted by molar-refractivity contribution is 5.95. The zero-order chi connectivity index (χ0) is 21.3. The van der Waals surface area contributed by atoms with Crippen LogP contribution in [0.15, 0.2) is 66.9 Å². The highest BCUT2D eigenvalue weighted by atomic mass is 16.1. The quantitative estimate of drug-likeness (QED) is 0.483.